The molecule has 0 bridgehead atoms. The van der Waals surface area contributed by atoms with Crippen molar-refractivity contribution in [2.75, 3.05) is 42.9 Å². The first-order valence-electron chi connectivity index (χ1n) is 8.21. The Morgan fingerprint density at radius 2 is 1.80 bits per heavy atom. The molecule has 2 aromatic rings. The largest absolute Gasteiger partial charge is 0.418 e. The zero-order chi connectivity index (χ0) is 17.9. The van der Waals surface area contributed by atoms with Gasteiger partial charge in [0.05, 0.1) is 11.3 Å². The molecule has 0 radical (unpaired) electrons. The van der Waals surface area contributed by atoms with Gasteiger partial charge in [-0.1, -0.05) is 19.1 Å². The van der Waals surface area contributed by atoms with Crippen LogP contribution in [-0.4, -0.2) is 47.6 Å². The number of halogens is 3. The Morgan fingerprint density at radius 3 is 2.48 bits per heavy atom. The Kier molecular flexibility index (Phi) is 5.08. The van der Waals surface area contributed by atoms with Crippen LogP contribution >= 0.6 is 0 Å². The Morgan fingerprint density at radius 1 is 1.08 bits per heavy atom. The number of likely N-dealkylation sites (N-methyl/N-ethyl adjacent to an activating group) is 1. The summed E-state index contributed by atoms with van der Waals surface area (Å²) in [6.07, 6.45) is -2.87. The maximum Gasteiger partial charge on any atom is 0.418 e. The van der Waals surface area contributed by atoms with Crippen molar-refractivity contribution in [3.8, 4) is 0 Å². The number of para-hydroxylation sites is 1. The molecule has 8 heteroatoms. The highest BCUT2D eigenvalue weighted by Crippen LogP contribution is 2.35. The number of rotatable bonds is 4. The number of hydrogen-bond acceptors (Lipinski definition) is 5. The van der Waals surface area contributed by atoms with Crippen LogP contribution in [0.25, 0.3) is 0 Å². The summed E-state index contributed by atoms with van der Waals surface area (Å²) in [4.78, 5) is 12.9. The quantitative estimate of drug-likeness (QED) is 0.915. The molecule has 1 aromatic carbocycles. The predicted molar refractivity (Wildman–Crippen MR) is 91.1 cm³/mol. The van der Waals surface area contributed by atoms with E-state index in [2.05, 4.69) is 32.0 Å². The summed E-state index contributed by atoms with van der Waals surface area (Å²) in [6, 6.07) is 7.10. The molecular weight excluding hydrogens is 331 g/mol. The maximum atomic E-state index is 13.1. The Labute approximate surface area is 144 Å². The first-order chi connectivity index (χ1) is 12.0. The first-order valence-corrected chi connectivity index (χ1v) is 8.21. The van der Waals surface area contributed by atoms with Gasteiger partial charge in [0.15, 0.2) is 0 Å². The van der Waals surface area contributed by atoms with Crippen LogP contribution in [0.1, 0.15) is 12.5 Å². The standard InChI is InChI=1S/C17H20F3N5/c1-2-24-9-11-25(12-10-24)15-7-8-21-16(23-15)22-14-6-4-3-5-13(14)17(18,19)20/h3-8H,2,9-12H2,1H3,(H,21,22,23). The molecule has 1 aliphatic rings. The van der Waals surface area contributed by atoms with Crippen molar-refractivity contribution in [2.45, 2.75) is 13.1 Å². The van der Waals surface area contributed by atoms with Crippen LogP contribution in [-0.2, 0) is 6.18 Å². The summed E-state index contributed by atoms with van der Waals surface area (Å²) in [5, 5.41) is 2.70. The summed E-state index contributed by atoms with van der Waals surface area (Å²) >= 11 is 0. The molecule has 0 amide bonds. The maximum absolute atomic E-state index is 13.1. The van der Waals surface area contributed by atoms with E-state index in [1.165, 1.54) is 12.1 Å². The SMILES string of the molecule is CCN1CCN(c2ccnc(Nc3ccccc3C(F)(F)F)n2)CC1. The van der Waals surface area contributed by atoms with E-state index >= 15 is 0 Å². The van der Waals surface area contributed by atoms with E-state index in [0.29, 0.717) is 0 Å². The minimum atomic E-state index is -4.43. The topological polar surface area (TPSA) is 44.3 Å². The van der Waals surface area contributed by atoms with E-state index in [0.717, 1.165) is 44.6 Å². The molecule has 1 aliphatic heterocycles. The Balaban J connectivity index is 1.77. The van der Waals surface area contributed by atoms with Crippen LogP contribution in [0.2, 0.25) is 0 Å². The van der Waals surface area contributed by atoms with Crippen LogP contribution in [0.4, 0.5) is 30.6 Å². The molecule has 3 rings (SSSR count). The number of anilines is 3. The first kappa shape index (κ1) is 17.5. The number of alkyl halides is 3. The van der Waals surface area contributed by atoms with E-state index in [1.807, 2.05) is 0 Å². The third kappa shape index (κ3) is 4.19. The van der Waals surface area contributed by atoms with Crippen molar-refractivity contribution < 1.29 is 13.2 Å². The fraction of sp³-hybridized carbons (Fsp3) is 0.412. The fourth-order valence-corrected chi connectivity index (χ4v) is 2.84. The van der Waals surface area contributed by atoms with Crippen LogP contribution in [0, 0.1) is 0 Å². The lowest BCUT2D eigenvalue weighted by Crippen LogP contribution is -2.46. The zero-order valence-corrected chi connectivity index (χ0v) is 13.9. The summed E-state index contributed by atoms with van der Waals surface area (Å²) in [5.41, 5.74) is -0.788. The molecule has 1 saturated heterocycles. The smallest absolute Gasteiger partial charge is 0.354 e. The molecule has 0 unspecified atom stereocenters. The lowest BCUT2D eigenvalue weighted by atomic mass is 10.1. The van der Waals surface area contributed by atoms with Crippen LogP contribution in [0.3, 0.4) is 0 Å². The number of benzene rings is 1. The van der Waals surface area contributed by atoms with E-state index in [9.17, 15) is 13.2 Å². The van der Waals surface area contributed by atoms with E-state index < -0.39 is 11.7 Å². The third-order valence-corrected chi connectivity index (χ3v) is 4.26. The Bertz CT molecular complexity index is 711. The minimum absolute atomic E-state index is 0.0528. The number of nitrogens with zero attached hydrogens (tertiary/aromatic N) is 4. The van der Waals surface area contributed by atoms with E-state index in [-0.39, 0.29) is 11.6 Å². The normalized spacial score (nSPS) is 16.1. The van der Waals surface area contributed by atoms with Gasteiger partial charge < -0.3 is 15.1 Å². The minimum Gasteiger partial charge on any atom is -0.354 e. The summed E-state index contributed by atoms with van der Waals surface area (Å²) in [7, 11) is 0. The molecule has 1 N–H and O–H groups in total. The van der Waals surface area contributed by atoms with Crippen molar-refractivity contribution in [1.82, 2.24) is 14.9 Å². The van der Waals surface area contributed by atoms with Crippen LogP contribution in [0.15, 0.2) is 36.5 Å². The molecule has 5 nitrogen and oxygen atoms in total. The van der Waals surface area contributed by atoms with Gasteiger partial charge in [0.2, 0.25) is 5.95 Å². The monoisotopic (exact) mass is 351 g/mol. The van der Waals surface area contributed by atoms with Crippen molar-refractivity contribution >= 4 is 17.5 Å². The number of hydrogen-bond donors (Lipinski definition) is 1. The highest BCUT2D eigenvalue weighted by atomic mass is 19.4. The average molecular weight is 351 g/mol. The molecule has 0 spiro atoms. The number of piperazine rings is 1. The molecule has 1 aromatic heterocycles. The Hall–Kier alpha value is -2.35. The van der Waals surface area contributed by atoms with Gasteiger partial charge in [-0.3, -0.25) is 0 Å². The third-order valence-electron chi connectivity index (χ3n) is 4.26. The van der Waals surface area contributed by atoms with Gasteiger partial charge in [-0.2, -0.15) is 18.2 Å². The van der Waals surface area contributed by atoms with Gasteiger partial charge in [-0.05, 0) is 24.7 Å². The molecule has 25 heavy (non-hydrogen) atoms. The molecule has 1 fully saturated rings. The number of nitrogens with one attached hydrogen (secondary N) is 1. The highest BCUT2D eigenvalue weighted by Gasteiger charge is 2.33. The van der Waals surface area contributed by atoms with Crippen molar-refractivity contribution in [1.29, 1.82) is 0 Å². The lowest BCUT2D eigenvalue weighted by Gasteiger charge is -2.34. The molecule has 2 heterocycles. The van der Waals surface area contributed by atoms with Crippen molar-refractivity contribution in [2.24, 2.45) is 0 Å². The molecular formula is C17H20F3N5. The zero-order valence-electron chi connectivity index (χ0n) is 13.9. The second-order valence-electron chi connectivity index (χ2n) is 5.83. The van der Waals surface area contributed by atoms with Gasteiger partial charge in [-0.15, -0.1) is 0 Å². The lowest BCUT2D eigenvalue weighted by molar-refractivity contribution is -0.136. The summed E-state index contributed by atoms with van der Waals surface area (Å²) in [5.74, 6) is 0.880. The van der Waals surface area contributed by atoms with Crippen molar-refractivity contribution in [3.63, 3.8) is 0 Å². The summed E-state index contributed by atoms with van der Waals surface area (Å²) in [6.45, 7) is 6.70. The number of aromatic nitrogens is 2. The van der Waals surface area contributed by atoms with Gasteiger partial charge in [0.25, 0.3) is 0 Å². The summed E-state index contributed by atoms with van der Waals surface area (Å²) < 4.78 is 39.3. The second-order valence-corrected chi connectivity index (χ2v) is 5.83. The van der Waals surface area contributed by atoms with Gasteiger partial charge in [0, 0.05) is 32.4 Å². The average Bonchev–Trinajstić information content (AvgIpc) is 2.62. The van der Waals surface area contributed by atoms with E-state index in [4.69, 9.17) is 0 Å². The van der Waals surface area contributed by atoms with Crippen molar-refractivity contribution in [3.05, 3.63) is 42.1 Å². The van der Waals surface area contributed by atoms with Crippen LogP contribution in [0.5, 0.6) is 0 Å². The van der Waals surface area contributed by atoms with Gasteiger partial charge >= 0.3 is 6.18 Å². The highest BCUT2D eigenvalue weighted by molar-refractivity contribution is 5.60. The van der Waals surface area contributed by atoms with Crippen LogP contribution < -0.4 is 10.2 Å². The second kappa shape index (κ2) is 7.26. The predicted octanol–water partition coefficient (Wildman–Crippen LogP) is 3.38. The molecule has 0 aliphatic carbocycles. The molecule has 0 saturated carbocycles. The van der Waals surface area contributed by atoms with Gasteiger partial charge in [0.1, 0.15) is 5.82 Å². The van der Waals surface area contributed by atoms with E-state index in [1.54, 1.807) is 18.3 Å². The molecule has 134 valence electrons. The fourth-order valence-electron chi connectivity index (χ4n) is 2.84. The van der Waals surface area contributed by atoms with Gasteiger partial charge in [-0.25, -0.2) is 4.98 Å². The molecule has 0 atom stereocenters.